The highest BCUT2D eigenvalue weighted by Gasteiger charge is 2.11. The molecule has 1 aromatic rings. The van der Waals surface area contributed by atoms with Crippen molar-refractivity contribution in [3.05, 3.63) is 59.7 Å². The van der Waals surface area contributed by atoms with Crippen molar-refractivity contribution in [3.63, 3.8) is 0 Å². The second-order valence-corrected chi connectivity index (χ2v) is 5.02. The number of benzene rings is 1. The normalized spacial score (nSPS) is 18.8. The predicted octanol–water partition coefficient (Wildman–Crippen LogP) is 5.30. The zero-order valence-corrected chi connectivity index (χ0v) is 11.4. The summed E-state index contributed by atoms with van der Waals surface area (Å²) in [5.41, 5.74) is 4.23. The molecule has 0 fully saturated rings. The number of aryl methyl sites for hydroxylation is 1. The van der Waals surface area contributed by atoms with E-state index in [0.717, 1.165) is 5.92 Å². The van der Waals surface area contributed by atoms with Crippen LogP contribution in [-0.4, -0.2) is 0 Å². The van der Waals surface area contributed by atoms with E-state index in [-0.39, 0.29) is 0 Å². The molecule has 17 heavy (non-hydrogen) atoms. The van der Waals surface area contributed by atoms with Crippen LogP contribution >= 0.6 is 0 Å². The van der Waals surface area contributed by atoms with Gasteiger partial charge in [-0.1, -0.05) is 59.7 Å². The Morgan fingerprint density at radius 1 is 1.18 bits per heavy atom. The molecule has 0 spiro atoms. The first-order valence-electron chi connectivity index (χ1n) is 6.42. The molecule has 1 aliphatic rings. The molecule has 0 aromatic heterocycles. The van der Waals surface area contributed by atoms with E-state index in [0.29, 0.717) is 0 Å². The summed E-state index contributed by atoms with van der Waals surface area (Å²) in [4.78, 5) is 0. The summed E-state index contributed by atoms with van der Waals surface area (Å²) in [6, 6.07) is 10.3. The minimum atomic E-state index is 0.767. The molecule has 0 aliphatic heterocycles. The molecule has 0 N–H and O–H groups in total. The van der Waals surface area contributed by atoms with Gasteiger partial charge >= 0.3 is 0 Å². The molecule has 0 bridgehead atoms. The van der Waals surface area contributed by atoms with Gasteiger partial charge in [-0.25, -0.2) is 0 Å². The second-order valence-electron chi connectivity index (χ2n) is 5.02. The standard InChI is InChI=1S/C10H16.C7H8/c1-8(2)10-6-4-9(3)5-7-10;1-7-5-3-2-4-6-7/h4,10H,1,5-7H2,2-3H3;2-6H,1H3. The van der Waals surface area contributed by atoms with Gasteiger partial charge in [0.15, 0.2) is 0 Å². The van der Waals surface area contributed by atoms with E-state index in [2.05, 4.69) is 45.6 Å². The summed E-state index contributed by atoms with van der Waals surface area (Å²) < 4.78 is 0. The Kier molecular flexibility index (Phi) is 5.76. The van der Waals surface area contributed by atoms with E-state index in [1.54, 1.807) is 5.57 Å². The molecule has 0 nitrogen and oxygen atoms in total. The van der Waals surface area contributed by atoms with Gasteiger partial charge in [-0.3, -0.25) is 0 Å². The number of hydrogen-bond acceptors (Lipinski definition) is 0. The average Bonchev–Trinajstić information content (AvgIpc) is 2.31. The first-order valence-corrected chi connectivity index (χ1v) is 6.42. The lowest BCUT2D eigenvalue weighted by molar-refractivity contribution is 0.540. The Bertz CT molecular complexity index is 370. The Morgan fingerprint density at radius 3 is 2.18 bits per heavy atom. The van der Waals surface area contributed by atoms with Crippen LogP contribution in [0, 0.1) is 12.8 Å². The molecule has 0 radical (unpaired) electrons. The fourth-order valence-electron chi connectivity index (χ4n) is 1.95. The third-order valence-electron chi connectivity index (χ3n) is 3.28. The van der Waals surface area contributed by atoms with Crippen molar-refractivity contribution in [2.75, 3.05) is 0 Å². The Labute approximate surface area is 106 Å². The molecule has 1 unspecified atom stereocenters. The summed E-state index contributed by atoms with van der Waals surface area (Å²) in [6.45, 7) is 10.4. The first-order chi connectivity index (χ1) is 8.09. The van der Waals surface area contributed by atoms with Crippen LogP contribution < -0.4 is 0 Å². The van der Waals surface area contributed by atoms with E-state index in [1.807, 2.05) is 18.2 Å². The van der Waals surface area contributed by atoms with Gasteiger partial charge in [0, 0.05) is 0 Å². The van der Waals surface area contributed by atoms with Gasteiger partial charge in [0.25, 0.3) is 0 Å². The maximum Gasteiger partial charge on any atom is -0.0171 e. The zero-order valence-electron chi connectivity index (χ0n) is 11.4. The van der Waals surface area contributed by atoms with E-state index < -0.39 is 0 Å². The summed E-state index contributed by atoms with van der Waals surface area (Å²) in [6.07, 6.45) is 6.17. The Morgan fingerprint density at radius 2 is 1.82 bits per heavy atom. The van der Waals surface area contributed by atoms with Gasteiger partial charge in [-0.05, 0) is 46.0 Å². The van der Waals surface area contributed by atoms with E-state index >= 15 is 0 Å². The maximum absolute atomic E-state index is 3.97. The van der Waals surface area contributed by atoms with Crippen LogP contribution in [0.25, 0.3) is 0 Å². The maximum atomic E-state index is 3.97. The molecule has 0 saturated carbocycles. The highest BCUT2D eigenvalue weighted by molar-refractivity contribution is 5.11. The summed E-state index contributed by atoms with van der Waals surface area (Å²) in [5, 5.41) is 0. The van der Waals surface area contributed by atoms with Crippen LogP contribution in [0.4, 0.5) is 0 Å². The minimum absolute atomic E-state index is 0.767. The highest BCUT2D eigenvalue weighted by Crippen LogP contribution is 2.27. The molecular formula is C17H24. The zero-order chi connectivity index (χ0) is 12.7. The van der Waals surface area contributed by atoms with Crippen molar-refractivity contribution < 1.29 is 0 Å². The van der Waals surface area contributed by atoms with Crippen molar-refractivity contribution >= 4 is 0 Å². The van der Waals surface area contributed by atoms with Crippen LogP contribution in [0.3, 0.4) is 0 Å². The van der Waals surface area contributed by atoms with Crippen molar-refractivity contribution in [2.24, 2.45) is 5.92 Å². The number of allylic oxidation sites excluding steroid dienone is 3. The van der Waals surface area contributed by atoms with Gasteiger partial charge in [-0.2, -0.15) is 0 Å². The number of rotatable bonds is 1. The molecule has 0 saturated heterocycles. The van der Waals surface area contributed by atoms with Gasteiger partial charge in [0.2, 0.25) is 0 Å². The minimum Gasteiger partial charge on any atom is -0.0998 e. The lowest BCUT2D eigenvalue weighted by Gasteiger charge is -2.19. The van der Waals surface area contributed by atoms with Crippen LogP contribution in [0.5, 0.6) is 0 Å². The monoisotopic (exact) mass is 228 g/mol. The molecule has 1 aliphatic carbocycles. The van der Waals surface area contributed by atoms with E-state index in [1.165, 1.54) is 30.4 Å². The van der Waals surface area contributed by atoms with Crippen LogP contribution in [0.15, 0.2) is 54.1 Å². The largest absolute Gasteiger partial charge is 0.0998 e. The SMILES string of the molecule is C=C(C)C1CC=C(C)CC1.Cc1ccccc1. The van der Waals surface area contributed by atoms with Crippen molar-refractivity contribution in [1.82, 2.24) is 0 Å². The summed E-state index contributed by atoms with van der Waals surface area (Å²) in [7, 11) is 0. The van der Waals surface area contributed by atoms with Crippen molar-refractivity contribution in [2.45, 2.75) is 40.0 Å². The van der Waals surface area contributed by atoms with E-state index in [4.69, 9.17) is 0 Å². The lowest BCUT2D eigenvalue weighted by Crippen LogP contribution is -2.04. The molecule has 92 valence electrons. The van der Waals surface area contributed by atoms with Gasteiger partial charge < -0.3 is 0 Å². The van der Waals surface area contributed by atoms with Gasteiger partial charge in [0.1, 0.15) is 0 Å². The van der Waals surface area contributed by atoms with Gasteiger partial charge in [0.05, 0.1) is 0 Å². The van der Waals surface area contributed by atoms with Crippen LogP contribution in [0.1, 0.15) is 38.7 Å². The second kappa shape index (κ2) is 7.11. The lowest BCUT2D eigenvalue weighted by atomic mass is 9.86. The van der Waals surface area contributed by atoms with Gasteiger partial charge in [-0.15, -0.1) is 0 Å². The quantitative estimate of drug-likeness (QED) is 0.572. The number of hydrogen-bond donors (Lipinski definition) is 0. The van der Waals surface area contributed by atoms with E-state index in [9.17, 15) is 0 Å². The Hall–Kier alpha value is -1.30. The molecular weight excluding hydrogens is 204 g/mol. The molecule has 1 atom stereocenters. The molecule has 1 aromatic carbocycles. The first kappa shape index (κ1) is 13.8. The predicted molar refractivity (Wildman–Crippen MR) is 77.1 cm³/mol. The summed E-state index contributed by atoms with van der Waals surface area (Å²) >= 11 is 0. The average molecular weight is 228 g/mol. The highest BCUT2D eigenvalue weighted by atomic mass is 14.2. The molecule has 0 amide bonds. The topological polar surface area (TPSA) is 0 Å². The smallest absolute Gasteiger partial charge is 0.0171 e. The third kappa shape index (κ3) is 5.53. The van der Waals surface area contributed by atoms with Crippen molar-refractivity contribution in [3.8, 4) is 0 Å². The fourth-order valence-corrected chi connectivity index (χ4v) is 1.95. The third-order valence-corrected chi connectivity index (χ3v) is 3.28. The fraction of sp³-hybridized carbons (Fsp3) is 0.412. The summed E-state index contributed by atoms with van der Waals surface area (Å²) in [5.74, 6) is 0.767. The van der Waals surface area contributed by atoms with Crippen molar-refractivity contribution in [1.29, 1.82) is 0 Å². The molecule has 2 rings (SSSR count). The van der Waals surface area contributed by atoms with Crippen LogP contribution in [0.2, 0.25) is 0 Å². The van der Waals surface area contributed by atoms with Crippen LogP contribution in [-0.2, 0) is 0 Å². The molecule has 0 heterocycles. The Balaban J connectivity index is 0.000000181. The molecule has 0 heteroatoms.